The zero-order valence-corrected chi connectivity index (χ0v) is 15.0. The van der Waals surface area contributed by atoms with Crippen molar-refractivity contribution in [3.8, 4) is 0 Å². The van der Waals surface area contributed by atoms with Crippen molar-refractivity contribution >= 4 is 22.4 Å². The maximum atomic E-state index is 13.1. The minimum Gasteiger partial charge on any atom is -0.347 e. The van der Waals surface area contributed by atoms with Crippen molar-refractivity contribution in [1.82, 2.24) is 4.98 Å². The van der Waals surface area contributed by atoms with Crippen LogP contribution in [0.2, 0.25) is 0 Å². The third kappa shape index (κ3) is 2.37. The fourth-order valence-corrected chi connectivity index (χ4v) is 3.87. The second kappa shape index (κ2) is 5.70. The van der Waals surface area contributed by atoms with Gasteiger partial charge in [-0.15, -0.1) is 0 Å². The number of carbonyl (C=O) groups is 1. The van der Waals surface area contributed by atoms with Crippen LogP contribution < -0.4 is 10.5 Å². The van der Waals surface area contributed by atoms with Crippen LogP contribution in [0.1, 0.15) is 29.8 Å². The van der Waals surface area contributed by atoms with Gasteiger partial charge in [-0.25, -0.2) is 0 Å². The number of aromatic amines is 1. The smallest absolute Gasteiger partial charge is 0.249 e. The predicted octanol–water partition coefficient (Wildman–Crippen LogP) is 4.02. The quantitative estimate of drug-likeness (QED) is 0.564. The number of para-hydroxylation sites is 2. The predicted molar refractivity (Wildman–Crippen MR) is 105 cm³/mol. The molecule has 0 bridgehead atoms. The third-order valence-electron chi connectivity index (χ3n) is 5.22. The minimum absolute atomic E-state index is 0.157. The molecule has 0 fully saturated rings. The van der Waals surface area contributed by atoms with Crippen molar-refractivity contribution in [3.63, 3.8) is 0 Å². The zero-order valence-electron chi connectivity index (χ0n) is 15.0. The van der Waals surface area contributed by atoms with Gasteiger partial charge in [0.05, 0.1) is 0 Å². The highest BCUT2D eigenvalue weighted by molar-refractivity contribution is 6.13. The number of aromatic nitrogens is 1. The minimum atomic E-state index is -0.280. The number of carbonyl (C=O) groups excluding carboxylic acids is 1. The lowest BCUT2D eigenvalue weighted by atomic mass is 9.83. The maximum Gasteiger partial charge on any atom is 0.249 e. The lowest BCUT2D eigenvalue weighted by Crippen LogP contribution is -2.24. The molecule has 3 aromatic rings. The van der Waals surface area contributed by atoms with Gasteiger partial charge in [0.25, 0.3) is 0 Å². The highest BCUT2D eigenvalue weighted by Crippen LogP contribution is 2.46. The first-order valence-corrected chi connectivity index (χ1v) is 8.61. The van der Waals surface area contributed by atoms with Crippen LogP contribution in [0.3, 0.4) is 0 Å². The first-order valence-electron chi connectivity index (χ1n) is 8.61. The second-order valence-electron chi connectivity index (χ2n) is 7.19. The number of hydrogen-bond donors (Lipinski definition) is 1. The molecule has 2 heterocycles. The van der Waals surface area contributed by atoms with E-state index in [2.05, 4.69) is 35.9 Å². The van der Waals surface area contributed by atoms with E-state index in [9.17, 15) is 9.59 Å². The molecule has 1 N–H and O–H groups in total. The number of rotatable bonds is 2. The average molecular weight is 344 g/mol. The van der Waals surface area contributed by atoms with Gasteiger partial charge in [-0.3, -0.25) is 9.59 Å². The summed E-state index contributed by atoms with van der Waals surface area (Å²) in [6.07, 6.45) is 1.67. The summed E-state index contributed by atoms with van der Waals surface area (Å²) >= 11 is 0. The van der Waals surface area contributed by atoms with Crippen LogP contribution in [0.15, 0.2) is 71.2 Å². The fourth-order valence-electron chi connectivity index (χ4n) is 3.87. The van der Waals surface area contributed by atoms with Crippen LogP contribution in [0.25, 0.3) is 10.9 Å². The molecule has 4 nitrogen and oxygen atoms in total. The van der Waals surface area contributed by atoms with E-state index >= 15 is 0 Å². The topological polar surface area (TPSA) is 53.2 Å². The SMILES string of the molecule is CN1C(=CC(=O)c2cc(=O)[nH]c3ccccc23)C(C)(C)c2ccccc21. The van der Waals surface area contributed by atoms with Crippen molar-refractivity contribution in [1.29, 1.82) is 0 Å². The molecule has 130 valence electrons. The Morgan fingerprint density at radius 1 is 1.08 bits per heavy atom. The largest absolute Gasteiger partial charge is 0.347 e. The molecule has 0 atom stereocenters. The maximum absolute atomic E-state index is 13.1. The fraction of sp³-hybridized carbons (Fsp3) is 0.182. The molecular weight excluding hydrogens is 324 g/mol. The Kier molecular flexibility index (Phi) is 3.58. The molecule has 26 heavy (non-hydrogen) atoms. The molecule has 0 saturated heterocycles. The number of H-pyrrole nitrogens is 1. The Bertz CT molecular complexity index is 1120. The number of anilines is 1. The molecule has 0 spiro atoms. The van der Waals surface area contributed by atoms with Gasteiger partial charge < -0.3 is 9.88 Å². The number of allylic oxidation sites excluding steroid dienone is 2. The van der Waals surface area contributed by atoms with Gasteiger partial charge in [-0.1, -0.05) is 50.2 Å². The number of fused-ring (bicyclic) bond motifs is 2. The molecule has 0 aliphatic carbocycles. The number of ketones is 1. The van der Waals surface area contributed by atoms with Crippen LogP contribution >= 0.6 is 0 Å². The molecule has 1 aliphatic rings. The van der Waals surface area contributed by atoms with Crippen molar-refractivity contribution in [2.24, 2.45) is 0 Å². The molecule has 2 aromatic carbocycles. The summed E-state index contributed by atoms with van der Waals surface area (Å²) in [6.45, 7) is 4.23. The standard InChI is InChI=1S/C22H20N2O2/c1-22(2)16-9-5-7-11-18(16)24(3)20(22)13-19(25)15-12-21(26)23-17-10-6-4-8-14(15)17/h4-13H,1-3H3,(H,23,26). The summed E-state index contributed by atoms with van der Waals surface area (Å²) in [6, 6.07) is 16.9. The summed E-state index contributed by atoms with van der Waals surface area (Å²) in [5, 5.41) is 0.755. The van der Waals surface area contributed by atoms with Gasteiger partial charge in [0.2, 0.25) is 5.56 Å². The van der Waals surface area contributed by atoms with Gasteiger partial charge in [0, 0.05) is 52.5 Å². The molecule has 1 aliphatic heterocycles. The van der Waals surface area contributed by atoms with E-state index in [0.29, 0.717) is 11.1 Å². The average Bonchev–Trinajstić information content (AvgIpc) is 2.82. The summed E-state index contributed by atoms with van der Waals surface area (Å²) in [5.41, 5.74) is 3.77. The first-order chi connectivity index (χ1) is 12.4. The van der Waals surface area contributed by atoms with Crippen LogP contribution in [0.4, 0.5) is 5.69 Å². The van der Waals surface area contributed by atoms with Crippen molar-refractivity contribution in [3.05, 3.63) is 87.9 Å². The molecular formula is C22H20N2O2. The lowest BCUT2D eigenvalue weighted by Gasteiger charge is -2.24. The molecule has 0 amide bonds. The van der Waals surface area contributed by atoms with Gasteiger partial charge >= 0.3 is 0 Å². The molecule has 0 radical (unpaired) electrons. The summed E-state index contributed by atoms with van der Waals surface area (Å²) in [7, 11) is 1.97. The van der Waals surface area contributed by atoms with E-state index in [4.69, 9.17) is 0 Å². The summed E-state index contributed by atoms with van der Waals surface area (Å²) in [5.74, 6) is -0.157. The van der Waals surface area contributed by atoms with Crippen LogP contribution in [0, 0.1) is 0 Å². The molecule has 4 rings (SSSR count). The summed E-state index contributed by atoms with van der Waals surface area (Å²) in [4.78, 5) is 29.9. The summed E-state index contributed by atoms with van der Waals surface area (Å²) < 4.78 is 0. The Morgan fingerprint density at radius 2 is 1.77 bits per heavy atom. The highest BCUT2D eigenvalue weighted by Gasteiger charge is 2.38. The van der Waals surface area contributed by atoms with E-state index in [-0.39, 0.29) is 16.8 Å². The molecule has 0 saturated carbocycles. The Hall–Kier alpha value is -3.14. The second-order valence-corrected chi connectivity index (χ2v) is 7.19. The number of likely N-dealkylation sites (N-methyl/N-ethyl adjacent to an activating group) is 1. The number of nitrogens with zero attached hydrogens (tertiary/aromatic N) is 1. The van der Waals surface area contributed by atoms with E-state index in [1.807, 2.05) is 43.4 Å². The number of pyridine rings is 1. The third-order valence-corrected chi connectivity index (χ3v) is 5.22. The molecule has 4 heteroatoms. The molecule has 0 unspecified atom stereocenters. The molecule has 1 aromatic heterocycles. The van der Waals surface area contributed by atoms with Crippen LogP contribution in [-0.2, 0) is 5.41 Å². The first kappa shape index (κ1) is 16.3. The van der Waals surface area contributed by atoms with Crippen molar-refractivity contribution < 1.29 is 4.79 Å². The number of hydrogen-bond acceptors (Lipinski definition) is 3. The highest BCUT2D eigenvalue weighted by atomic mass is 16.1. The van der Waals surface area contributed by atoms with Gasteiger partial charge in [-0.05, 0) is 17.7 Å². The Labute approximate surface area is 151 Å². The Balaban J connectivity index is 1.86. The number of benzene rings is 2. The van der Waals surface area contributed by atoms with Crippen LogP contribution in [-0.4, -0.2) is 17.8 Å². The van der Waals surface area contributed by atoms with Crippen molar-refractivity contribution in [2.75, 3.05) is 11.9 Å². The van der Waals surface area contributed by atoms with Gasteiger partial charge in [-0.2, -0.15) is 0 Å². The van der Waals surface area contributed by atoms with Crippen molar-refractivity contribution in [2.45, 2.75) is 19.3 Å². The Morgan fingerprint density at radius 3 is 2.54 bits per heavy atom. The van der Waals surface area contributed by atoms with E-state index in [0.717, 1.165) is 16.8 Å². The zero-order chi connectivity index (χ0) is 18.5. The van der Waals surface area contributed by atoms with E-state index < -0.39 is 0 Å². The van der Waals surface area contributed by atoms with Crippen LogP contribution in [0.5, 0.6) is 0 Å². The number of nitrogens with one attached hydrogen (secondary N) is 1. The normalized spacial score (nSPS) is 16.9. The lowest BCUT2D eigenvalue weighted by molar-refractivity contribution is 0.104. The van der Waals surface area contributed by atoms with Gasteiger partial charge in [0.15, 0.2) is 5.78 Å². The monoisotopic (exact) mass is 344 g/mol. The van der Waals surface area contributed by atoms with E-state index in [1.165, 1.54) is 11.6 Å². The van der Waals surface area contributed by atoms with E-state index in [1.54, 1.807) is 6.08 Å². The van der Waals surface area contributed by atoms with Gasteiger partial charge in [0.1, 0.15) is 0 Å².